The molecule has 1 aromatic carbocycles. The van der Waals surface area contributed by atoms with E-state index in [9.17, 15) is 9.18 Å². The zero-order valence-corrected chi connectivity index (χ0v) is 11.0. The SMILES string of the molecule is CCCC(C)N(C)C(=O)c1cccc(C)c1F. The number of hydrogen-bond acceptors (Lipinski definition) is 1. The van der Waals surface area contributed by atoms with Crippen LogP contribution in [-0.2, 0) is 0 Å². The molecular weight excluding hydrogens is 217 g/mol. The van der Waals surface area contributed by atoms with Gasteiger partial charge in [-0.15, -0.1) is 0 Å². The highest BCUT2D eigenvalue weighted by atomic mass is 19.1. The van der Waals surface area contributed by atoms with E-state index >= 15 is 0 Å². The summed E-state index contributed by atoms with van der Waals surface area (Å²) in [6, 6.07) is 5.05. The number of carbonyl (C=O) groups is 1. The first-order valence-corrected chi connectivity index (χ1v) is 6.01. The monoisotopic (exact) mass is 237 g/mol. The van der Waals surface area contributed by atoms with Crippen LogP contribution in [0.25, 0.3) is 0 Å². The molecule has 0 spiro atoms. The van der Waals surface area contributed by atoms with Gasteiger partial charge in [0.1, 0.15) is 5.82 Å². The van der Waals surface area contributed by atoms with Gasteiger partial charge in [0, 0.05) is 13.1 Å². The van der Waals surface area contributed by atoms with Crippen molar-refractivity contribution in [2.45, 2.75) is 39.7 Å². The third-order valence-electron chi connectivity index (χ3n) is 3.11. The first-order valence-electron chi connectivity index (χ1n) is 6.01. The lowest BCUT2D eigenvalue weighted by molar-refractivity contribution is 0.0732. The Balaban J connectivity index is 2.93. The molecule has 0 aromatic heterocycles. The number of aryl methyl sites for hydroxylation is 1. The fourth-order valence-corrected chi connectivity index (χ4v) is 1.81. The summed E-state index contributed by atoms with van der Waals surface area (Å²) in [6.07, 6.45) is 1.94. The van der Waals surface area contributed by atoms with E-state index in [2.05, 4.69) is 6.92 Å². The van der Waals surface area contributed by atoms with Crippen LogP contribution >= 0.6 is 0 Å². The Kier molecular flexibility index (Phi) is 4.67. The van der Waals surface area contributed by atoms with Gasteiger partial charge in [0.25, 0.3) is 5.91 Å². The summed E-state index contributed by atoms with van der Waals surface area (Å²) in [5.41, 5.74) is 0.669. The van der Waals surface area contributed by atoms with Gasteiger partial charge in [0.05, 0.1) is 5.56 Å². The maximum Gasteiger partial charge on any atom is 0.256 e. The number of amides is 1. The zero-order chi connectivity index (χ0) is 13.0. The van der Waals surface area contributed by atoms with Crippen molar-refractivity contribution in [2.75, 3.05) is 7.05 Å². The van der Waals surface area contributed by atoms with Gasteiger partial charge in [-0.05, 0) is 31.9 Å². The Morgan fingerprint density at radius 3 is 2.71 bits per heavy atom. The Morgan fingerprint density at radius 1 is 1.47 bits per heavy atom. The van der Waals surface area contributed by atoms with Crippen molar-refractivity contribution >= 4 is 5.91 Å². The van der Waals surface area contributed by atoms with Crippen LogP contribution in [0.4, 0.5) is 4.39 Å². The Hall–Kier alpha value is -1.38. The second-order valence-electron chi connectivity index (χ2n) is 4.49. The van der Waals surface area contributed by atoms with Crippen molar-refractivity contribution < 1.29 is 9.18 Å². The molecule has 3 heteroatoms. The van der Waals surface area contributed by atoms with Crippen LogP contribution in [-0.4, -0.2) is 23.9 Å². The van der Waals surface area contributed by atoms with Crippen LogP contribution < -0.4 is 0 Å². The minimum atomic E-state index is -0.409. The first kappa shape index (κ1) is 13.7. The van der Waals surface area contributed by atoms with E-state index in [0.717, 1.165) is 12.8 Å². The van der Waals surface area contributed by atoms with Gasteiger partial charge in [-0.2, -0.15) is 0 Å². The largest absolute Gasteiger partial charge is 0.339 e. The molecule has 1 rings (SSSR count). The van der Waals surface area contributed by atoms with Crippen molar-refractivity contribution in [1.29, 1.82) is 0 Å². The van der Waals surface area contributed by atoms with E-state index in [1.807, 2.05) is 6.92 Å². The fraction of sp³-hybridized carbons (Fsp3) is 0.500. The van der Waals surface area contributed by atoms with E-state index in [-0.39, 0.29) is 17.5 Å². The fourth-order valence-electron chi connectivity index (χ4n) is 1.81. The highest BCUT2D eigenvalue weighted by Gasteiger charge is 2.20. The van der Waals surface area contributed by atoms with Crippen LogP contribution in [0.15, 0.2) is 18.2 Å². The molecule has 17 heavy (non-hydrogen) atoms. The average Bonchev–Trinajstić information content (AvgIpc) is 2.31. The summed E-state index contributed by atoms with van der Waals surface area (Å²) in [4.78, 5) is 13.7. The third-order valence-corrected chi connectivity index (χ3v) is 3.11. The molecule has 0 saturated heterocycles. The number of rotatable bonds is 4. The van der Waals surface area contributed by atoms with E-state index in [1.165, 1.54) is 0 Å². The van der Waals surface area contributed by atoms with Crippen molar-refractivity contribution in [1.82, 2.24) is 4.90 Å². The minimum absolute atomic E-state index is 0.132. The van der Waals surface area contributed by atoms with Gasteiger partial charge in [-0.1, -0.05) is 25.5 Å². The zero-order valence-electron chi connectivity index (χ0n) is 11.0. The summed E-state index contributed by atoms with van der Waals surface area (Å²) in [6.45, 7) is 5.72. The quantitative estimate of drug-likeness (QED) is 0.786. The lowest BCUT2D eigenvalue weighted by Gasteiger charge is -2.25. The molecule has 0 fully saturated rings. The average molecular weight is 237 g/mol. The molecular formula is C14H20FNO. The van der Waals surface area contributed by atoms with Crippen molar-refractivity contribution in [3.05, 3.63) is 35.1 Å². The van der Waals surface area contributed by atoms with Gasteiger partial charge in [-0.25, -0.2) is 4.39 Å². The molecule has 1 unspecified atom stereocenters. The number of nitrogens with zero attached hydrogens (tertiary/aromatic N) is 1. The molecule has 0 N–H and O–H groups in total. The molecule has 1 atom stereocenters. The first-order chi connectivity index (χ1) is 7.99. The Morgan fingerprint density at radius 2 is 2.12 bits per heavy atom. The number of hydrogen-bond donors (Lipinski definition) is 0. The third kappa shape index (κ3) is 3.05. The van der Waals surface area contributed by atoms with Crippen LogP contribution in [0.5, 0.6) is 0 Å². The highest BCUT2D eigenvalue weighted by Crippen LogP contribution is 2.16. The molecule has 0 saturated carbocycles. The lowest BCUT2D eigenvalue weighted by Crippen LogP contribution is -2.35. The van der Waals surface area contributed by atoms with Crippen LogP contribution in [0.2, 0.25) is 0 Å². The molecule has 0 bridgehead atoms. The topological polar surface area (TPSA) is 20.3 Å². The lowest BCUT2D eigenvalue weighted by atomic mass is 10.1. The minimum Gasteiger partial charge on any atom is -0.339 e. The summed E-state index contributed by atoms with van der Waals surface area (Å²) in [5, 5.41) is 0. The standard InChI is InChI=1S/C14H20FNO/c1-5-7-11(3)16(4)14(17)12-9-6-8-10(2)13(12)15/h6,8-9,11H,5,7H2,1-4H3. The van der Waals surface area contributed by atoms with E-state index in [1.54, 1.807) is 37.1 Å². The maximum absolute atomic E-state index is 13.8. The maximum atomic E-state index is 13.8. The summed E-state index contributed by atoms with van der Waals surface area (Å²) in [7, 11) is 1.73. The van der Waals surface area contributed by atoms with Crippen molar-refractivity contribution in [3.8, 4) is 0 Å². The van der Waals surface area contributed by atoms with Crippen LogP contribution in [0.1, 0.15) is 42.6 Å². The summed E-state index contributed by atoms with van der Waals surface area (Å²) >= 11 is 0. The van der Waals surface area contributed by atoms with E-state index in [0.29, 0.717) is 5.56 Å². The molecule has 0 radical (unpaired) electrons. The highest BCUT2D eigenvalue weighted by molar-refractivity contribution is 5.94. The summed E-state index contributed by atoms with van der Waals surface area (Å²) < 4.78 is 13.8. The molecule has 94 valence electrons. The second kappa shape index (κ2) is 5.80. The normalized spacial score (nSPS) is 12.3. The molecule has 1 amide bonds. The number of carbonyl (C=O) groups excluding carboxylic acids is 1. The van der Waals surface area contributed by atoms with Gasteiger partial charge >= 0.3 is 0 Å². The van der Waals surface area contributed by atoms with E-state index < -0.39 is 5.82 Å². The Labute approximate surface area is 102 Å². The van der Waals surface area contributed by atoms with Crippen molar-refractivity contribution in [3.63, 3.8) is 0 Å². The molecule has 1 aromatic rings. The molecule has 2 nitrogen and oxygen atoms in total. The molecule has 0 aliphatic rings. The predicted molar refractivity (Wildman–Crippen MR) is 67.6 cm³/mol. The molecule has 0 aliphatic heterocycles. The number of halogens is 1. The van der Waals surface area contributed by atoms with Gasteiger partial charge < -0.3 is 4.90 Å². The van der Waals surface area contributed by atoms with Crippen molar-refractivity contribution in [2.24, 2.45) is 0 Å². The predicted octanol–water partition coefficient (Wildman–Crippen LogP) is 3.39. The van der Waals surface area contributed by atoms with Gasteiger partial charge in [0.15, 0.2) is 0 Å². The second-order valence-corrected chi connectivity index (χ2v) is 4.49. The molecule has 0 aliphatic carbocycles. The van der Waals surface area contributed by atoms with Gasteiger partial charge in [-0.3, -0.25) is 4.79 Å². The van der Waals surface area contributed by atoms with E-state index in [4.69, 9.17) is 0 Å². The van der Waals surface area contributed by atoms with Crippen LogP contribution in [0, 0.1) is 12.7 Å². The van der Waals surface area contributed by atoms with Gasteiger partial charge in [0.2, 0.25) is 0 Å². The summed E-state index contributed by atoms with van der Waals surface area (Å²) in [5.74, 6) is -0.653. The Bertz CT molecular complexity index is 403. The van der Waals surface area contributed by atoms with Crippen LogP contribution in [0.3, 0.4) is 0 Å². The molecule has 0 heterocycles. The smallest absolute Gasteiger partial charge is 0.256 e. The number of benzene rings is 1.